The van der Waals surface area contributed by atoms with E-state index in [4.69, 9.17) is 4.74 Å². The Kier molecular flexibility index (Phi) is 2.78. The van der Waals surface area contributed by atoms with E-state index in [2.05, 4.69) is 5.10 Å². The average Bonchev–Trinajstić information content (AvgIpc) is 2.73. The monoisotopic (exact) mass is 270 g/mol. The van der Waals surface area contributed by atoms with Gasteiger partial charge in [0.1, 0.15) is 5.92 Å². The first-order valence-electron chi connectivity index (χ1n) is 5.71. The molecule has 1 aromatic rings. The predicted octanol–water partition coefficient (Wildman–Crippen LogP) is 1.84. The van der Waals surface area contributed by atoms with E-state index in [1.54, 1.807) is 0 Å². The van der Waals surface area contributed by atoms with Crippen LogP contribution in [0.1, 0.15) is 6.42 Å². The molecule has 1 unspecified atom stereocenters. The van der Waals surface area contributed by atoms with Gasteiger partial charge >= 0.3 is 0 Å². The lowest BCUT2D eigenvalue weighted by molar-refractivity contribution is -0.121. The summed E-state index contributed by atoms with van der Waals surface area (Å²) in [6.45, 7) is 0.670. The second-order valence-electron chi connectivity index (χ2n) is 4.34. The van der Waals surface area contributed by atoms with Crippen molar-refractivity contribution in [3.05, 3.63) is 29.6 Å². The highest BCUT2D eigenvalue weighted by molar-refractivity contribution is 6.15. The third-order valence-electron chi connectivity index (χ3n) is 3.14. The van der Waals surface area contributed by atoms with Crippen molar-refractivity contribution >= 4 is 17.3 Å². The van der Waals surface area contributed by atoms with Crippen LogP contribution >= 0.6 is 0 Å². The molecular formula is C12H9F3N2O2. The van der Waals surface area contributed by atoms with E-state index in [1.165, 1.54) is 0 Å². The molecule has 3 rings (SSSR count). The van der Waals surface area contributed by atoms with Crippen molar-refractivity contribution in [1.29, 1.82) is 0 Å². The van der Waals surface area contributed by atoms with Gasteiger partial charge in [-0.15, -0.1) is 0 Å². The van der Waals surface area contributed by atoms with Crippen molar-refractivity contribution in [2.45, 2.75) is 6.42 Å². The van der Waals surface area contributed by atoms with Crippen molar-refractivity contribution in [1.82, 2.24) is 0 Å². The highest BCUT2D eigenvalue weighted by Crippen LogP contribution is 2.29. The van der Waals surface area contributed by atoms with E-state index in [0.717, 1.165) is 17.1 Å². The van der Waals surface area contributed by atoms with Gasteiger partial charge in [0.05, 0.1) is 24.6 Å². The molecule has 1 saturated heterocycles. The van der Waals surface area contributed by atoms with Crippen molar-refractivity contribution in [2.24, 2.45) is 11.0 Å². The van der Waals surface area contributed by atoms with Crippen LogP contribution in [0, 0.1) is 23.4 Å². The minimum absolute atomic E-state index is 0.122. The Bertz CT molecular complexity index is 565. The Morgan fingerprint density at radius 3 is 2.58 bits per heavy atom. The van der Waals surface area contributed by atoms with Gasteiger partial charge in [0.2, 0.25) is 0 Å². The maximum absolute atomic E-state index is 13.2. The topological polar surface area (TPSA) is 41.9 Å². The van der Waals surface area contributed by atoms with Gasteiger partial charge in [-0.25, -0.2) is 13.2 Å². The second kappa shape index (κ2) is 4.34. The fourth-order valence-corrected chi connectivity index (χ4v) is 2.16. The van der Waals surface area contributed by atoms with Gasteiger partial charge in [-0.2, -0.15) is 10.1 Å². The molecule has 0 aliphatic carbocycles. The molecule has 0 saturated carbocycles. The SMILES string of the molecule is O=C1C2COCCC2=NN1c1cc(F)c(F)c(F)c1. The van der Waals surface area contributed by atoms with E-state index in [9.17, 15) is 18.0 Å². The van der Waals surface area contributed by atoms with Crippen LogP contribution in [0.25, 0.3) is 0 Å². The Labute approximate surface area is 106 Å². The summed E-state index contributed by atoms with van der Waals surface area (Å²) in [6.07, 6.45) is 0.499. The van der Waals surface area contributed by atoms with Crippen LogP contribution in [-0.4, -0.2) is 24.8 Å². The van der Waals surface area contributed by atoms with E-state index in [1.807, 2.05) is 0 Å². The van der Waals surface area contributed by atoms with Gasteiger partial charge in [-0.3, -0.25) is 4.79 Å². The van der Waals surface area contributed by atoms with Crippen LogP contribution in [0.4, 0.5) is 18.9 Å². The van der Waals surface area contributed by atoms with Crippen LogP contribution in [0.5, 0.6) is 0 Å². The molecule has 4 nitrogen and oxygen atoms in total. The number of rotatable bonds is 1. The summed E-state index contributed by atoms with van der Waals surface area (Å²) in [5.41, 5.74) is 0.504. The minimum Gasteiger partial charge on any atom is -0.380 e. The van der Waals surface area contributed by atoms with Crippen molar-refractivity contribution in [3.63, 3.8) is 0 Å². The molecule has 1 fully saturated rings. The van der Waals surface area contributed by atoms with Crippen LogP contribution in [0.3, 0.4) is 0 Å². The zero-order valence-corrected chi connectivity index (χ0v) is 9.70. The number of fused-ring (bicyclic) bond motifs is 1. The number of hydrogen-bond donors (Lipinski definition) is 0. The lowest BCUT2D eigenvalue weighted by Crippen LogP contribution is -2.33. The zero-order chi connectivity index (χ0) is 13.6. The van der Waals surface area contributed by atoms with Gasteiger partial charge in [0.25, 0.3) is 5.91 Å². The van der Waals surface area contributed by atoms with Gasteiger partial charge < -0.3 is 4.74 Å². The normalized spacial score (nSPS) is 22.5. The molecule has 0 radical (unpaired) electrons. The summed E-state index contributed by atoms with van der Waals surface area (Å²) < 4.78 is 44.4. The molecule has 19 heavy (non-hydrogen) atoms. The number of hydrogen-bond acceptors (Lipinski definition) is 3. The van der Waals surface area contributed by atoms with Gasteiger partial charge in [0, 0.05) is 18.6 Å². The molecule has 1 atom stereocenters. The van der Waals surface area contributed by atoms with Crippen LogP contribution in [-0.2, 0) is 9.53 Å². The lowest BCUT2D eigenvalue weighted by atomic mass is 10.0. The van der Waals surface area contributed by atoms with E-state index in [0.29, 0.717) is 18.7 Å². The standard InChI is InChI=1S/C12H9F3N2O2/c13-8-3-6(4-9(14)11(8)15)17-12(18)7-5-19-2-1-10(7)16-17/h3-4,7H,1-2,5H2. The Morgan fingerprint density at radius 1 is 1.26 bits per heavy atom. The maximum Gasteiger partial charge on any atom is 0.258 e. The van der Waals surface area contributed by atoms with E-state index in [-0.39, 0.29) is 12.3 Å². The number of carbonyl (C=O) groups excluding carboxylic acids is 1. The number of nitrogens with zero attached hydrogens (tertiary/aromatic N) is 2. The first-order valence-corrected chi connectivity index (χ1v) is 5.71. The van der Waals surface area contributed by atoms with Crippen molar-refractivity contribution in [2.75, 3.05) is 18.2 Å². The number of ether oxygens (including phenoxy) is 1. The second-order valence-corrected chi connectivity index (χ2v) is 4.34. The number of carbonyl (C=O) groups is 1. The Balaban J connectivity index is 1.99. The van der Waals surface area contributed by atoms with Crippen LogP contribution in [0.15, 0.2) is 17.2 Å². The summed E-state index contributed by atoms with van der Waals surface area (Å²) in [5.74, 6) is -5.20. The largest absolute Gasteiger partial charge is 0.380 e. The molecule has 0 bridgehead atoms. The summed E-state index contributed by atoms with van der Waals surface area (Å²) in [4.78, 5) is 12.0. The number of hydrazone groups is 1. The fourth-order valence-electron chi connectivity index (χ4n) is 2.16. The molecule has 1 amide bonds. The Morgan fingerprint density at radius 2 is 1.95 bits per heavy atom. The summed E-state index contributed by atoms with van der Waals surface area (Å²) in [7, 11) is 0. The number of amides is 1. The molecule has 7 heteroatoms. The number of anilines is 1. The van der Waals surface area contributed by atoms with Gasteiger partial charge in [0.15, 0.2) is 17.5 Å². The van der Waals surface area contributed by atoms with Gasteiger partial charge in [-0.1, -0.05) is 0 Å². The molecule has 0 N–H and O–H groups in total. The summed E-state index contributed by atoms with van der Waals surface area (Å²) >= 11 is 0. The summed E-state index contributed by atoms with van der Waals surface area (Å²) in [5, 5.41) is 4.94. The third kappa shape index (κ3) is 1.90. The zero-order valence-electron chi connectivity index (χ0n) is 9.70. The number of benzene rings is 1. The molecule has 0 aromatic heterocycles. The Hall–Kier alpha value is -1.89. The first-order chi connectivity index (χ1) is 9.08. The fraction of sp³-hybridized carbons (Fsp3) is 0.333. The molecular weight excluding hydrogens is 261 g/mol. The molecule has 0 spiro atoms. The van der Waals surface area contributed by atoms with Crippen molar-refractivity contribution < 1.29 is 22.7 Å². The number of halogens is 3. The molecule has 2 aliphatic heterocycles. The molecule has 2 heterocycles. The van der Waals surface area contributed by atoms with Gasteiger partial charge in [-0.05, 0) is 0 Å². The molecule has 100 valence electrons. The lowest BCUT2D eigenvalue weighted by Gasteiger charge is -2.17. The average molecular weight is 270 g/mol. The quantitative estimate of drug-likeness (QED) is 0.731. The first kappa shape index (κ1) is 12.2. The third-order valence-corrected chi connectivity index (χ3v) is 3.14. The summed E-state index contributed by atoms with van der Waals surface area (Å²) in [6, 6.07) is 1.50. The molecule has 1 aromatic carbocycles. The van der Waals surface area contributed by atoms with Crippen LogP contribution < -0.4 is 5.01 Å². The molecule has 2 aliphatic rings. The maximum atomic E-state index is 13.2. The van der Waals surface area contributed by atoms with Crippen molar-refractivity contribution in [3.8, 4) is 0 Å². The van der Waals surface area contributed by atoms with E-state index < -0.39 is 29.3 Å². The van der Waals surface area contributed by atoms with Crippen LogP contribution in [0.2, 0.25) is 0 Å². The highest BCUT2D eigenvalue weighted by atomic mass is 19.2. The smallest absolute Gasteiger partial charge is 0.258 e. The van der Waals surface area contributed by atoms with E-state index >= 15 is 0 Å². The predicted molar refractivity (Wildman–Crippen MR) is 60.2 cm³/mol. The minimum atomic E-state index is -1.57. The highest BCUT2D eigenvalue weighted by Gasteiger charge is 2.38.